The monoisotopic (exact) mass is 506 g/mol. The molecule has 0 radical (unpaired) electrons. The maximum atomic E-state index is 14.7. The number of hydrogen-bond donors (Lipinski definition) is 4. The van der Waals surface area contributed by atoms with Crippen molar-refractivity contribution in [3.63, 3.8) is 0 Å². The Labute approximate surface area is 214 Å². The molecular weight excluding hydrogens is 463 g/mol. The average molecular weight is 507 g/mol. The van der Waals surface area contributed by atoms with E-state index in [1.807, 2.05) is 40.7 Å². The highest BCUT2D eigenvalue weighted by Crippen LogP contribution is 2.25. The predicted molar refractivity (Wildman–Crippen MR) is 138 cm³/mol. The van der Waals surface area contributed by atoms with Crippen LogP contribution in [-0.2, 0) is 20.8 Å². The molecule has 5 atom stereocenters. The molecule has 2 rings (SSSR count). The largest absolute Gasteiger partial charge is 0.486 e. The van der Waals surface area contributed by atoms with Gasteiger partial charge in [0.05, 0.1) is 6.04 Å². The lowest BCUT2D eigenvalue weighted by atomic mass is 9.97. The molecule has 3 amide bonds. The van der Waals surface area contributed by atoms with E-state index in [0.29, 0.717) is 37.9 Å². The molecule has 1 aliphatic heterocycles. The van der Waals surface area contributed by atoms with Crippen molar-refractivity contribution in [3.8, 4) is 5.75 Å². The minimum absolute atomic E-state index is 0.0125. The number of amides is 3. The molecule has 8 nitrogen and oxygen atoms in total. The third-order valence-electron chi connectivity index (χ3n) is 6.50. The molecule has 1 unspecified atom stereocenters. The second-order valence-corrected chi connectivity index (χ2v) is 10.2. The zero-order chi connectivity index (χ0) is 26.8. The molecule has 1 aliphatic rings. The highest BCUT2D eigenvalue weighted by molar-refractivity contribution is 5.92. The molecular formula is C27H43FN4O4. The summed E-state index contributed by atoms with van der Waals surface area (Å²) in [6, 6.07) is 2.73. The quantitative estimate of drug-likeness (QED) is 0.502. The summed E-state index contributed by atoms with van der Waals surface area (Å²) < 4.78 is 20.6. The highest BCUT2D eigenvalue weighted by Gasteiger charge is 2.29. The molecule has 1 aromatic carbocycles. The molecule has 0 saturated carbocycles. The fraction of sp³-hybridized carbons (Fsp3) is 0.667. The zero-order valence-electron chi connectivity index (χ0n) is 22.4. The fourth-order valence-corrected chi connectivity index (χ4v) is 4.19. The van der Waals surface area contributed by atoms with Crippen molar-refractivity contribution in [2.24, 2.45) is 11.8 Å². The normalized spacial score (nSPS) is 25.9. The maximum absolute atomic E-state index is 14.7. The summed E-state index contributed by atoms with van der Waals surface area (Å²) in [4.78, 5) is 38.9. The standard InChI is InChI=1S/C27H43FN4O4/c1-7-17(4)23-27(35)31-19(6)25(33)32-22(14-16(2)3)26(34)29-13-9-11-20-10-8-12-21(28)24(20)36-18(5)15-30-23/h8,10,12,16-19,22-23,30H,7,9,11,13-15H2,1-6H3,(H,29,34)(H,31,35)(H,32,33)/t17?,18-,19-,22-,23+/m1/s1. The molecule has 4 N–H and O–H groups in total. The van der Waals surface area contributed by atoms with E-state index < -0.39 is 36.0 Å². The van der Waals surface area contributed by atoms with Gasteiger partial charge < -0.3 is 26.0 Å². The van der Waals surface area contributed by atoms with E-state index in [0.717, 1.165) is 6.42 Å². The van der Waals surface area contributed by atoms with E-state index in [1.54, 1.807) is 13.0 Å². The van der Waals surface area contributed by atoms with Crippen LogP contribution in [0, 0.1) is 17.7 Å². The lowest BCUT2D eigenvalue weighted by Crippen LogP contribution is -2.57. The Balaban J connectivity index is 2.32. The number of halogens is 1. The maximum Gasteiger partial charge on any atom is 0.242 e. The molecule has 0 aliphatic carbocycles. The number of benzene rings is 1. The Morgan fingerprint density at radius 2 is 1.78 bits per heavy atom. The van der Waals surface area contributed by atoms with Gasteiger partial charge in [-0.25, -0.2) is 4.39 Å². The summed E-state index contributed by atoms with van der Waals surface area (Å²) in [6.45, 7) is 12.0. The van der Waals surface area contributed by atoms with Gasteiger partial charge >= 0.3 is 0 Å². The first-order chi connectivity index (χ1) is 17.0. The summed E-state index contributed by atoms with van der Waals surface area (Å²) in [5.41, 5.74) is 0.717. The van der Waals surface area contributed by atoms with Gasteiger partial charge in [-0.2, -0.15) is 0 Å². The Hall–Kier alpha value is -2.68. The number of rotatable bonds is 4. The molecule has 0 aromatic heterocycles. The van der Waals surface area contributed by atoms with Gasteiger partial charge in [-0.3, -0.25) is 14.4 Å². The van der Waals surface area contributed by atoms with E-state index in [-0.39, 0.29) is 29.4 Å². The van der Waals surface area contributed by atoms with Crippen LogP contribution >= 0.6 is 0 Å². The predicted octanol–water partition coefficient (Wildman–Crippen LogP) is 2.70. The number of para-hydroxylation sites is 1. The minimum atomic E-state index is -0.818. The van der Waals surface area contributed by atoms with Crippen LogP contribution in [0.5, 0.6) is 5.75 Å². The van der Waals surface area contributed by atoms with E-state index in [9.17, 15) is 18.8 Å². The lowest BCUT2D eigenvalue weighted by Gasteiger charge is -2.28. The number of carbonyl (C=O) groups is 3. The fourth-order valence-electron chi connectivity index (χ4n) is 4.19. The Morgan fingerprint density at radius 3 is 2.44 bits per heavy atom. The van der Waals surface area contributed by atoms with E-state index in [4.69, 9.17) is 4.74 Å². The average Bonchev–Trinajstić information content (AvgIpc) is 2.82. The number of fused-ring (bicyclic) bond motifs is 1. The number of hydrogen-bond acceptors (Lipinski definition) is 5. The van der Waals surface area contributed by atoms with Crippen molar-refractivity contribution < 1.29 is 23.5 Å². The number of ether oxygens (including phenoxy) is 1. The van der Waals surface area contributed by atoms with Crippen LogP contribution in [-0.4, -0.2) is 55.0 Å². The van der Waals surface area contributed by atoms with Crippen LogP contribution in [0.1, 0.15) is 66.4 Å². The number of carbonyl (C=O) groups excluding carboxylic acids is 3. The van der Waals surface area contributed by atoms with Crippen LogP contribution in [0.2, 0.25) is 0 Å². The molecule has 0 spiro atoms. The second kappa shape index (κ2) is 14.2. The Kier molecular flexibility index (Phi) is 11.6. The summed E-state index contributed by atoms with van der Waals surface area (Å²) in [5.74, 6) is -1.07. The van der Waals surface area contributed by atoms with Crippen LogP contribution in [0.4, 0.5) is 4.39 Å². The van der Waals surface area contributed by atoms with Gasteiger partial charge in [-0.05, 0) is 56.6 Å². The first kappa shape index (κ1) is 29.5. The summed E-state index contributed by atoms with van der Waals surface area (Å²) >= 11 is 0. The van der Waals surface area contributed by atoms with Crippen molar-refractivity contribution >= 4 is 17.7 Å². The number of nitrogens with one attached hydrogen (secondary N) is 4. The Morgan fingerprint density at radius 1 is 1.06 bits per heavy atom. The van der Waals surface area contributed by atoms with E-state index in [1.165, 1.54) is 6.07 Å². The SMILES string of the molecule is CCC(C)[C@@H]1NC[C@@H](C)Oc2c(F)cccc2CCCNC(=O)[C@@H](CC(C)C)NC(=O)[C@@H](C)NC1=O. The third-order valence-corrected chi connectivity index (χ3v) is 6.50. The van der Waals surface area contributed by atoms with Gasteiger partial charge in [0.25, 0.3) is 0 Å². The van der Waals surface area contributed by atoms with E-state index >= 15 is 0 Å². The molecule has 0 bridgehead atoms. The van der Waals surface area contributed by atoms with Crippen molar-refractivity contribution in [2.75, 3.05) is 13.1 Å². The van der Waals surface area contributed by atoms with Gasteiger partial charge in [0.1, 0.15) is 18.2 Å². The van der Waals surface area contributed by atoms with Gasteiger partial charge in [0.2, 0.25) is 17.7 Å². The smallest absolute Gasteiger partial charge is 0.242 e. The number of aryl methyl sites for hydroxylation is 1. The second-order valence-electron chi connectivity index (χ2n) is 10.2. The first-order valence-electron chi connectivity index (χ1n) is 13.1. The topological polar surface area (TPSA) is 109 Å². The van der Waals surface area contributed by atoms with Gasteiger partial charge in [-0.1, -0.05) is 46.2 Å². The zero-order valence-corrected chi connectivity index (χ0v) is 22.4. The first-order valence-corrected chi connectivity index (χ1v) is 13.1. The summed E-state index contributed by atoms with van der Waals surface area (Å²) in [5, 5.41) is 11.7. The van der Waals surface area contributed by atoms with Gasteiger partial charge in [0.15, 0.2) is 11.6 Å². The van der Waals surface area contributed by atoms with Crippen molar-refractivity contribution in [1.82, 2.24) is 21.3 Å². The van der Waals surface area contributed by atoms with Crippen LogP contribution in [0.3, 0.4) is 0 Å². The summed E-state index contributed by atoms with van der Waals surface area (Å²) in [7, 11) is 0. The van der Waals surface area contributed by atoms with E-state index in [2.05, 4.69) is 21.3 Å². The molecule has 36 heavy (non-hydrogen) atoms. The Bertz CT molecular complexity index is 895. The molecule has 9 heteroatoms. The molecule has 1 heterocycles. The van der Waals surface area contributed by atoms with Gasteiger partial charge in [-0.15, -0.1) is 0 Å². The van der Waals surface area contributed by atoms with Crippen molar-refractivity contribution in [2.45, 2.75) is 91.5 Å². The van der Waals surface area contributed by atoms with Crippen LogP contribution < -0.4 is 26.0 Å². The molecule has 1 aromatic rings. The van der Waals surface area contributed by atoms with Gasteiger partial charge in [0, 0.05) is 13.1 Å². The lowest BCUT2D eigenvalue weighted by molar-refractivity contribution is -0.132. The molecule has 0 saturated heterocycles. The van der Waals surface area contributed by atoms with Crippen molar-refractivity contribution in [1.29, 1.82) is 0 Å². The molecule has 202 valence electrons. The minimum Gasteiger partial charge on any atom is -0.486 e. The van der Waals surface area contributed by atoms with Crippen molar-refractivity contribution in [3.05, 3.63) is 29.6 Å². The van der Waals surface area contributed by atoms with Crippen LogP contribution in [0.15, 0.2) is 18.2 Å². The third kappa shape index (κ3) is 8.76. The highest BCUT2D eigenvalue weighted by atomic mass is 19.1. The molecule has 0 fully saturated rings. The van der Waals surface area contributed by atoms with Crippen LogP contribution in [0.25, 0.3) is 0 Å². The summed E-state index contributed by atoms with van der Waals surface area (Å²) in [6.07, 6.45) is 1.91.